The largest absolute Gasteiger partial charge is 0.497 e. The monoisotopic (exact) mass is 302 g/mol. The number of oxime groups is 1. The van der Waals surface area contributed by atoms with E-state index in [0.29, 0.717) is 17.1 Å². The van der Waals surface area contributed by atoms with Crippen LogP contribution in [0.1, 0.15) is 11.1 Å². The summed E-state index contributed by atoms with van der Waals surface area (Å²) in [5, 5.41) is 22.2. The Hall–Kier alpha value is -3.09. The molecule has 0 radical (unpaired) electrons. The maximum Gasteiger partial charge on any atom is 0.269 e. The smallest absolute Gasteiger partial charge is 0.269 e. The van der Waals surface area contributed by atoms with Gasteiger partial charge in [-0.1, -0.05) is 5.16 Å². The van der Waals surface area contributed by atoms with Crippen LogP contribution in [0, 0.1) is 10.1 Å². The van der Waals surface area contributed by atoms with E-state index in [0.717, 1.165) is 5.56 Å². The van der Waals surface area contributed by atoms with Crippen molar-refractivity contribution in [3.63, 3.8) is 0 Å². The topological polar surface area (TPSA) is 94.2 Å². The second kappa shape index (κ2) is 7.07. The Morgan fingerprint density at radius 2 is 2.00 bits per heavy atom. The van der Waals surface area contributed by atoms with Gasteiger partial charge in [-0.3, -0.25) is 10.1 Å². The molecule has 1 N–H and O–H groups in total. The fourth-order valence-electron chi connectivity index (χ4n) is 1.81. The van der Waals surface area contributed by atoms with Gasteiger partial charge in [0.15, 0.2) is 0 Å². The molecule has 0 spiro atoms. The highest BCUT2D eigenvalue weighted by Crippen LogP contribution is 2.25. The number of rotatable bonds is 6. The zero-order chi connectivity index (χ0) is 15.9. The van der Waals surface area contributed by atoms with Crippen molar-refractivity contribution >= 4 is 11.9 Å². The van der Waals surface area contributed by atoms with Crippen molar-refractivity contribution in [1.82, 2.24) is 0 Å². The Morgan fingerprint density at radius 3 is 2.59 bits per heavy atom. The summed E-state index contributed by atoms with van der Waals surface area (Å²) in [7, 11) is 1.54. The first kappa shape index (κ1) is 15.3. The predicted molar refractivity (Wildman–Crippen MR) is 79.8 cm³/mol. The van der Waals surface area contributed by atoms with E-state index in [-0.39, 0.29) is 12.3 Å². The van der Waals surface area contributed by atoms with E-state index < -0.39 is 4.92 Å². The summed E-state index contributed by atoms with van der Waals surface area (Å²) in [6, 6.07) is 11.2. The Kier molecular flexibility index (Phi) is 4.92. The van der Waals surface area contributed by atoms with Gasteiger partial charge in [-0.15, -0.1) is 0 Å². The number of non-ortho nitro benzene ring substituents is 1. The minimum absolute atomic E-state index is 0.0261. The predicted octanol–water partition coefficient (Wildman–Crippen LogP) is 2.99. The quantitative estimate of drug-likeness (QED) is 0.383. The molecule has 0 bridgehead atoms. The second-order valence-corrected chi connectivity index (χ2v) is 4.36. The Bertz CT molecular complexity index is 683. The normalized spacial score (nSPS) is 10.6. The van der Waals surface area contributed by atoms with Crippen LogP contribution in [-0.4, -0.2) is 23.5 Å². The highest BCUT2D eigenvalue weighted by molar-refractivity contribution is 5.83. The van der Waals surface area contributed by atoms with Crippen molar-refractivity contribution in [1.29, 1.82) is 0 Å². The van der Waals surface area contributed by atoms with Gasteiger partial charge < -0.3 is 14.7 Å². The lowest BCUT2D eigenvalue weighted by molar-refractivity contribution is -0.384. The third-order valence-electron chi connectivity index (χ3n) is 2.96. The van der Waals surface area contributed by atoms with Gasteiger partial charge in [0.05, 0.1) is 18.2 Å². The van der Waals surface area contributed by atoms with Crippen molar-refractivity contribution in [2.24, 2.45) is 5.16 Å². The minimum atomic E-state index is -0.456. The number of nitro groups is 1. The third-order valence-corrected chi connectivity index (χ3v) is 2.96. The van der Waals surface area contributed by atoms with Crippen molar-refractivity contribution in [2.75, 3.05) is 7.11 Å². The molecule has 0 aliphatic carbocycles. The minimum Gasteiger partial charge on any atom is -0.497 e. The summed E-state index contributed by atoms with van der Waals surface area (Å²) < 4.78 is 10.8. The van der Waals surface area contributed by atoms with Crippen LogP contribution in [0.2, 0.25) is 0 Å². The van der Waals surface area contributed by atoms with E-state index in [9.17, 15) is 10.1 Å². The van der Waals surface area contributed by atoms with Crippen LogP contribution < -0.4 is 9.47 Å². The molecule has 0 saturated heterocycles. The lowest BCUT2D eigenvalue weighted by Gasteiger charge is -2.10. The molecule has 0 atom stereocenters. The average Bonchev–Trinajstić information content (AvgIpc) is 2.54. The van der Waals surface area contributed by atoms with Crippen LogP contribution in [0.25, 0.3) is 0 Å². The maximum absolute atomic E-state index is 10.6. The van der Waals surface area contributed by atoms with Gasteiger partial charge in [0, 0.05) is 23.8 Å². The molecular weight excluding hydrogens is 288 g/mol. The van der Waals surface area contributed by atoms with Crippen LogP contribution in [0.5, 0.6) is 11.5 Å². The van der Waals surface area contributed by atoms with Gasteiger partial charge >= 0.3 is 0 Å². The number of benzene rings is 2. The Balaban J connectivity index is 2.14. The Morgan fingerprint density at radius 1 is 1.27 bits per heavy atom. The molecule has 2 aromatic rings. The first-order valence-corrected chi connectivity index (χ1v) is 6.35. The zero-order valence-corrected chi connectivity index (χ0v) is 11.8. The van der Waals surface area contributed by atoms with Gasteiger partial charge in [0.25, 0.3) is 5.69 Å². The van der Waals surface area contributed by atoms with Crippen LogP contribution in [0.4, 0.5) is 5.69 Å². The molecule has 0 aromatic heterocycles. The average molecular weight is 302 g/mol. The van der Waals surface area contributed by atoms with E-state index >= 15 is 0 Å². The molecule has 0 unspecified atom stereocenters. The zero-order valence-electron chi connectivity index (χ0n) is 11.8. The first-order valence-electron chi connectivity index (χ1n) is 6.35. The van der Waals surface area contributed by atoms with Crippen LogP contribution in [-0.2, 0) is 6.61 Å². The van der Waals surface area contributed by atoms with Crippen molar-refractivity contribution in [3.05, 3.63) is 63.7 Å². The maximum atomic E-state index is 10.6. The second-order valence-electron chi connectivity index (χ2n) is 4.36. The fourth-order valence-corrected chi connectivity index (χ4v) is 1.81. The fraction of sp³-hybridized carbons (Fsp3) is 0.133. The van der Waals surface area contributed by atoms with Gasteiger partial charge in [-0.2, -0.15) is 0 Å². The molecule has 22 heavy (non-hydrogen) atoms. The molecule has 7 heteroatoms. The molecule has 114 valence electrons. The molecule has 0 saturated carbocycles. The lowest BCUT2D eigenvalue weighted by Crippen LogP contribution is -1.99. The van der Waals surface area contributed by atoms with E-state index in [2.05, 4.69) is 5.16 Å². The third kappa shape index (κ3) is 3.72. The highest BCUT2D eigenvalue weighted by Gasteiger charge is 2.07. The highest BCUT2D eigenvalue weighted by atomic mass is 16.6. The van der Waals surface area contributed by atoms with Crippen molar-refractivity contribution in [3.8, 4) is 11.5 Å². The van der Waals surface area contributed by atoms with Crippen LogP contribution >= 0.6 is 0 Å². The number of nitro benzene ring substituents is 1. The summed E-state index contributed by atoms with van der Waals surface area (Å²) in [6.07, 6.45) is 1.25. The molecule has 7 nitrogen and oxygen atoms in total. The standard InChI is InChI=1S/C15H14N2O5/c1-21-14-7-4-12(9-16-18)15(8-14)22-10-11-2-5-13(6-3-11)17(19)20/h2-9,18H,10H2,1H3. The molecule has 0 aliphatic rings. The van der Waals surface area contributed by atoms with Gasteiger partial charge in [0.1, 0.15) is 18.1 Å². The summed E-state index contributed by atoms with van der Waals surface area (Å²) in [6.45, 7) is 0.220. The summed E-state index contributed by atoms with van der Waals surface area (Å²) in [5.74, 6) is 1.09. The van der Waals surface area contributed by atoms with Gasteiger partial charge in [-0.25, -0.2) is 0 Å². The summed E-state index contributed by atoms with van der Waals surface area (Å²) in [5.41, 5.74) is 1.39. The molecule has 0 aliphatic heterocycles. The molecule has 0 heterocycles. The van der Waals surface area contributed by atoms with Crippen molar-refractivity contribution < 1.29 is 19.6 Å². The number of methoxy groups -OCH3 is 1. The molecule has 2 rings (SSSR count). The van der Waals surface area contributed by atoms with Crippen molar-refractivity contribution in [2.45, 2.75) is 6.61 Å². The van der Waals surface area contributed by atoms with Gasteiger partial charge in [0.2, 0.25) is 0 Å². The Labute approximate surface area is 126 Å². The van der Waals surface area contributed by atoms with Gasteiger partial charge in [-0.05, 0) is 29.8 Å². The summed E-state index contributed by atoms with van der Waals surface area (Å²) >= 11 is 0. The number of hydrogen-bond donors (Lipinski definition) is 1. The molecular formula is C15H14N2O5. The first-order chi connectivity index (χ1) is 10.6. The number of ether oxygens (including phenoxy) is 2. The lowest BCUT2D eigenvalue weighted by atomic mass is 10.2. The summed E-state index contributed by atoms with van der Waals surface area (Å²) in [4.78, 5) is 10.1. The van der Waals surface area contributed by atoms with E-state index in [4.69, 9.17) is 14.7 Å². The molecule has 2 aromatic carbocycles. The van der Waals surface area contributed by atoms with E-state index in [1.807, 2.05) is 0 Å². The molecule has 0 amide bonds. The van der Waals surface area contributed by atoms with E-state index in [1.165, 1.54) is 25.5 Å². The van der Waals surface area contributed by atoms with Crippen LogP contribution in [0.3, 0.4) is 0 Å². The van der Waals surface area contributed by atoms with Crippen LogP contribution in [0.15, 0.2) is 47.6 Å². The number of nitrogens with zero attached hydrogens (tertiary/aromatic N) is 2. The SMILES string of the molecule is COc1ccc(C=NO)c(OCc2ccc([N+](=O)[O-])cc2)c1. The molecule has 0 fully saturated rings. The number of hydrogen-bond acceptors (Lipinski definition) is 6. The van der Waals surface area contributed by atoms with E-state index in [1.54, 1.807) is 30.3 Å².